The van der Waals surface area contributed by atoms with E-state index in [2.05, 4.69) is 14.1 Å². The van der Waals surface area contributed by atoms with Gasteiger partial charge in [-0.15, -0.1) is 0 Å². The third-order valence-corrected chi connectivity index (χ3v) is 5.25. The number of aryl methyl sites for hydroxylation is 1. The Morgan fingerprint density at radius 3 is 2.67 bits per heavy atom. The number of aliphatic imine (C=N–C) groups is 1. The molecule has 2 aromatic carbocycles. The van der Waals surface area contributed by atoms with E-state index in [1.807, 2.05) is 68.4 Å². The van der Waals surface area contributed by atoms with E-state index in [0.29, 0.717) is 5.82 Å². The Bertz CT molecular complexity index is 901. The van der Waals surface area contributed by atoms with Crippen molar-refractivity contribution in [2.45, 2.75) is 11.8 Å². The van der Waals surface area contributed by atoms with Gasteiger partial charge in [-0.1, -0.05) is 17.7 Å². The van der Waals surface area contributed by atoms with E-state index >= 15 is 0 Å². The number of aromatic nitrogens is 1. The van der Waals surface area contributed by atoms with Gasteiger partial charge in [0.2, 0.25) is 0 Å². The standard InChI is InChI=1S/C17H18N4OS2/c1-12-4-7-14(8-5-12)24(22)20-13-6-9-16-15(10-13)17(19-23-16)18-11-21(2)3/h4-11,20H,1-3H3. The molecule has 0 spiro atoms. The van der Waals surface area contributed by atoms with Gasteiger partial charge in [0, 0.05) is 25.2 Å². The number of benzene rings is 2. The summed E-state index contributed by atoms with van der Waals surface area (Å²) in [5.74, 6) is 0.675. The lowest BCUT2D eigenvalue weighted by Crippen LogP contribution is -2.07. The Labute approximate surface area is 147 Å². The van der Waals surface area contributed by atoms with E-state index in [4.69, 9.17) is 0 Å². The van der Waals surface area contributed by atoms with Gasteiger partial charge >= 0.3 is 0 Å². The fourth-order valence-electron chi connectivity index (χ4n) is 2.08. The van der Waals surface area contributed by atoms with E-state index in [1.165, 1.54) is 11.5 Å². The second-order valence-corrected chi connectivity index (χ2v) is 7.63. The Hall–Kier alpha value is -2.25. The van der Waals surface area contributed by atoms with Crippen LogP contribution in [0.2, 0.25) is 0 Å². The smallest absolute Gasteiger partial charge is 0.174 e. The van der Waals surface area contributed by atoms with Crippen LogP contribution in [-0.2, 0) is 11.0 Å². The minimum atomic E-state index is -1.30. The lowest BCUT2D eigenvalue weighted by atomic mass is 10.2. The summed E-state index contributed by atoms with van der Waals surface area (Å²) in [7, 11) is 2.52. The normalized spacial score (nSPS) is 12.6. The quantitative estimate of drug-likeness (QED) is 0.555. The van der Waals surface area contributed by atoms with Crippen LogP contribution in [0.25, 0.3) is 10.1 Å². The SMILES string of the molecule is Cc1ccc(S(=O)Nc2ccc3snc(N=CN(C)C)c3c2)cc1. The lowest BCUT2D eigenvalue weighted by Gasteiger charge is -2.07. The molecule has 1 unspecified atom stereocenters. The van der Waals surface area contributed by atoms with E-state index in [9.17, 15) is 4.21 Å². The molecule has 3 aromatic rings. The third-order valence-electron chi connectivity index (χ3n) is 3.31. The topological polar surface area (TPSA) is 57.6 Å². The van der Waals surface area contributed by atoms with Crippen LogP contribution >= 0.6 is 11.5 Å². The Morgan fingerprint density at radius 2 is 1.96 bits per heavy atom. The Morgan fingerprint density at radius 1 is 1.21 bits per heavy atom. The molecule has 7 heteroatoms. The van der Waals surface area contributed by atoms with Crippen LogP contribution < -0.4 is 4.72 Å². The number of fused-ring (bicyclic) bond motifs is 1. The number of nitrogens with one attached hydrogen (secondary N) is 1. The van der Waals surface area contributed by atoms with Crippen molar-refractivity contribution in [2.24, 2.45) is 4.99 Å². The second kappa shape index (κ2) is 7.11. The predicted octanol–water partition coefficient (Wildman–Crippen LogP) is 3.96. The number of hydrogen-bond acceptors (Lipinski definition) is 4. The first-order valence-electron chi connectivity index (χ1n) is 7.38. The molecule has 1 aromatic heterocycles. The van der Waals surface area contributed by atoms with Gasteiger partial charge in [-0.05, 0) is 48.8 Å². The molecule has 24 heavy (non-hydrogen) atoms. The van der Waals surface area contributed by atoms with E-state index in [0.717, 1.165) is 26.2 Å². The maximum Gasteiger partial charge on any atom is 0.174 e. The maximum absolute atomic E-state index is 12.5. The zero-order valence-corrected chi connectivity index (χ0v) is 15.3. The number of rotatable bonds is 5. The molecule has 0 aliphatic rings. The fourth-order valence-corrected chi connectivity index (χ4v) is 3.63. The van der Waals surface area contributed by atoms with Gasteiger partial charge in [-0.25, -0.2) is 9.20 Å². The zero-order valence-electron chi connectivity index (χ0n) is 13.7. The van der Waals surface area contributed by atoms with Gasteiger partial charge in [0.25, 0.3) is 0 Å². The summed E-state index contributed by atoms with van der Waals surface area (Å²) in [6.45, 7) is 2.01. The molecular formula is C17H18N4OS2. The lowest BCUT2D eigenvalue weighted by molar-refractivity contribution is 0.643. The minimum absolute atomic E-state index is 0.675. The van der Waals surface area contributed by atoms with Crippen LogP contribution in [0.4, 0.5) is 11.5 Å². The van der Waals surface area contributed by atoms with Crippen LogP contribution in [0.1, 0.15) is 5.56 Å². The van der Waals surface area contributed by atoms with Gasteiger partial charge < -0.3 is 9.62 Å². The summed E-state index contributed by atoms with van der Waals surface area (Å²) in [4.78, 5) is 6.98. The summed E-state index contributed by atoms with van der Waals surface area (Å²) in [6, 6.07) is 13.5. The predicted molar refractivity (Wildman–Crippen MR) is 103 cm³/mol. The molecule has 1 N–H and O–H groups in total. The van der Waals surface area contributed by atoms with Gasteiger partial charge in [-0.3, -0.25) is 0 Å². The first kappa shape index (κ1) is 16.6. The van der Waals surface area contributed by atoms with Gasteiger partial charge in [0.1, 0.15) is 11.0 Å². The van der Waals surface area contributed by atoms with Crippen molar-refractivity contribution in [2.75, 3.05) is 18.8 Å². The molecule has 0 bridgehead atoms. The molecule has 0 saturated carbocycles. The van der Waals surface area contributed by atoms with E-state index in [-0.39, 0.29) is 0 Å². The average Bonchev–Trinajstić information content (AvgIpc) is 2.96. The molecular weight excluding hydrogens is 340 g/mol. The summed E-state index contributed by atoms with van der Waals surface area (Å²) in [5.41, 5.74) is 1.92. The first-order chi connectivity index (χ1) is 11.5. The van der Waals surface area contributed by atoms with Crippen molar-refractivity contribution in [1.29, 1.82) is 0 Å². The van der Waals surface area contributed by atoms with E-state index in [1.54, 1.807) is 6.34 Å². The maximum atomic E-state index is 12.5. The molecule has 5 nitrogen and oxygen atoms in total. The molecule has 0 fully saturated rings. The summed E-state index contributed by atoms with van der Waals surface area (Å²) in [5, 5.41) is 0.948. The van der Waals surface area contributed by atoms with Crippen LogP contribution in [-0.4, -0.2) is 33.9 Å². The minimum Gasteiger partial charge on any atom is -0.369 e. The number of anilines is 1. The molecule has 0 aliphatic carbocycles. The second-order valence-electron chi connectivity index (χ2n) is 5.61. The monoisotopic (exact) mass is 358 g/mol. The van der Waals surface area contributed by atoms with Crippen molar-refractivity contribution < 1.29 is 4.21 Å². The molecule has 1 atom stereocenters. The van der Waals surface area contributed by atoms with Crippen molar-refractivity contribution in [1.82, 2.24) is 9.27 Å². The highest BCUT2D eigenvalue weighted by molar-refractivity contribution is 7.86. The molecule has 0 aliphatic heterocycles. The molecule has 3 rings (SSSR count). The fraction of sp³-hybridized carbons (Fsp3) is 0.176. The van der Waals surface area contributed by atoms with Crippen LogP contribution in [0.15, 0.2) is 52.4 Å². The molecule has 1 heterocycles. The molecule has 0 radical (unpaired) electrons. The van der Waals surface area contributed by atoms with Gasteiger partial charge in [-0.2, -0.15) is 4.37 Å². The largest absolute Gasteiger partial charge is 0.369 e. The highest BCUT2D eigenvalue weighted by atomic mass is 32.2. The van der Waals surface area contributed by atoms with Gasteiger partial charge in [0.15, 0.2) is 5.82 Å². The first-order valence-corrected chi connectivity index (χ1v) is 9.30. The van der Waals surface area contributed by atoms with Crippen molar-refractivity contribution in [3.05, 3.63) is 48.0 Å². The van der Waals surface area contributed by atoms with Crippen LogP contribution in [0.5, 0.6) is 0 Å². The van der Waals surface area contributed by atoms with Crippen molar-refractivity contribution in [3.8, 4) is 0 Å². The molecule has 0 saturated heterocycles. The Balaban J connectivity index is 1.86. The van der Waals surface area contributed by atoms with E-state index < -0.39 is 11.0 Å². The van der Waals surface area contributed by atoms with Crippen LogP contribution in [0, 0.1) is 6.92 Å². The highest BCUT2D eigenvalue weighted by Gasteiger charge is 2.08. The highest BCUT2D eigenvalue weighted by Crippen LogP contribution is 2.31. The molecule has 0 amide bonds. The average molecular weight is 358 g/mol. The van der Waals surface area contributed by atoms with Crippen LogP contribution in [0.3, 0.4) is 0 Å². The summed E-state index contributed by atoms with van der Waals surface area (Å²) >= 11 is 1.41. The summed E-state index contributed by atoms with van der Waals surface area (Å²) < 4.78 is 20.9. The van der Waals surface area contributed by atoms with Gasteiger partial charge in [0.05, 0.1) is 15.9 Å². The Kier molecular flexibility index (Phi) is 4.92. The van der Waals surface area contributed by atoms with Crippen molar-refractivity contribution >= 4 is 50.4 Å². The zero-order chi connectivity index (χ0) is 17.1. The number of hydrogen-bond donors (Lipinski definition) is 1. The third kappa shape index (κ3) is 3.80. The number of nitrogens with zero attached hydrogens (tertiary/aromatic N) is 3. The molecule has 124 valence electrons. The van der Waals surface area contributed by atoms with Crippen molar-refractivity contribution in [3.63, 3.8) is 0 Å². The summed E-state index contributed by atoms with van der Waals surface area (Å²) in [6.07, 6.45) is 1.72.